The SMILES string of the molecule is O=S1(=O)CCc2c1ccc1ncnc(NCCCO)c21. The molecule has 2 heterocycles. The van der Waals surface area contributed by atoms with Crippen LogP contribution in [0.1, 0.15) is 12.0 Å². The number of rotatable bonds is 4. The Bertz CT molecular complexity index is 759. The van der Waals surface area contributed by atoms with E-state index in [9.17, 15) is 8.42 Å². The molecule has 1 aromatic carbocycles. The van der Waals surface area contributed by atoms with Crippen LogP contribution < -0.4 is 5.32 Å². The zero-order valence-corrected chi connectivity index (χ0v) is 11.7. The van der Waals surface area contributed by atoms with Gasteiger partial charge in [-0.05, 0) is 30.5 Å². The summed E-state index contributed by atoms with van der Waals surface area (Å²) in [6, 6.07) is 3.35. The molecule has 0 aliphatic carbocycles. The van der Waals surface area contributed by atoms with E-state index in [4.69, 9.17) is 5.11 Å². The van der Waals surface area contributed by atoms with E-state index in [2.05, 4.69) is 15.3 Å². The van der Waals surface area contributed by atoms with E-state index in [0.717, 1.165) is 16.5 Å². The fraction of sp³-hybridized carbons (Fsp3) is 0.385. The summed E-state index contributed by atoms with van der Waals surface area (Å²) in [7, 11) is -3.16. The van der Waals surface area contributed by atoms with Crippen molar-refractivity contribution in [3.8, 4) is 0 Å². The van der Waals surface area contributed by atoms with Crippen molar-refractivity contribution in [1.29, 1.82) is 0 Å². The third-order valence-electron chi connectivity index (χ3n) is 3.45. The Morgan fingerprint density at radius 2 is 2.15 bits per heavy atom. The van der Waals surface area contributed by atoms with Gasteiger partial charge in [-0.3, -0.25) is 0 Å². The summed E-state index contributed by atoms with van der Waals surface area (Å²) in [4.78, 5) is 8.80. The number of hydrogen-bond donors (Lipinski definition) is 2. The molecule has 20 heavy (non-hydrogen) atoms. The number of anilines is 1. The van der Waals surface area contributed by atoms with E-state index in [1.165, 1.54) is 6.33 Å². The van der Waals surface area contributed by atoms with Crippen LogP contribution in [0.5, 0.6) is 0 Å². The molecule has 2 aromatic rings. The first kappa shape index (κ1) is 13.3. The highest BCUT2D eigenvalue weighted by molar-refractivity contribution is 7.91. The number of hydrogen-bond acceptors (Lipinski definition) is 6. The molecule has 1 aliphatic rings. The van der Waals surface area contributed by atoms with Gasteiger partial charge in [0.1, 0.15) is 12.1 Å². The maximum absolute atomic E-state index is 12.0. The first-order valence-electron chi connectivity index (χ1n) is 6.47. The Morgan fingerprint density at radius 1 is 1.30 bits per heavy atom. The molecule has 106 valence electrons. The summed E-state index contributed by atoms with van der Waals surface area (Å²) in [5, 5.41) is 12.8. The number of benzene rings is 1. The molecule has 7 heteroatoms. The van der Waals surface area contributed by atoms with Crippen LogP contribution >= 0.6 is 0 Å². The van der Waals surface area contributed by atoms with E-state index >= 15 is 0 Å². The number of aromatic nitrogens is 2. The minimum atomic E-state index is -3.16. The average Bonchev–Trinajstić information content (AvgIpc) is 2.75. The van der Waals surface area contributed by atoms with E-state index in [0.29, 0.717) is 30.1 Å². The number of nitrogens with one attached hydrogen (secondary N) is 1. The predicted molar refractivity (Wildman–Crippen MR) is 75.5 cm³/mol. The summed E-state index contributed by atoms with van der Waals surface area (Å²) < 4.78 is 23.9. The Hall–Kier alpha value is -1.73. The standard InChI is InChI=1S/C13H15N3O3S/c17-6-1-5-14-13-12-9-4-7-20(18,19)11(9)3-2-10(12)15-8-16-13/h2-3,8,17H,1,4-7H2,(H,14,15,16). The van der Waals surface area contributed by atoms with Crippen molar-refractivity contribution in [2.75, 3.05) is 24.2 Å². The number of sulfone groups is 1. The molecule has 0 amide bonds. The number of aliphatic hydroxyl groups excluding tert-OH is 1. The van der Waals surface area contributed by atoms with Gasteiger partial charge in [-0.1, -0.05) is 0 Å². The van der Waals surface area contributed by atoms with Gasteiger partial charge in [0, 0.05) is 18.5 Å². The molecule has 0 bridgehead atoms. The molecule has 2 N–H and O–H groups in total. The van der Waals surface area contributed by atoms with Gasteiger partial charge in [-0.25, -0.2) is 18.4 Å². The van der Waals surface area contributed by atoms with Crippen molar-refractivity contribution in [3.63, 3.8) is 0 Å². The number of nitrogens with zero attached hydrogens (tertiary/aromatic N) is 2. The van der Waals surface area contributed by atoms with Crippen molar-refractivity contribution in [3.05, 3.63) is 24.0 Å². The van der Waals surface area contributed by atoms with E-state index < -0.39 is 9.84 Å². The lowest BCUT2D eigenvalue weighted by atomic mass is 10.1. The molecule has 3 rings (SSSR count). The summed E-state index contributed by atoms with van der Waals surface area (Å²) in [6.45, 7) is 0.682. The lowest BCUT2D eigenvalue weighted by Gasteiger charge is -2.10. The van der Waals surface area contributed by atoms with Crippen LogP contribution in [0, 0.1) is 0 Å². The molecule has 1 aliphatic heterocycles. The third-order valence-corrected chi connectivity index (χ3v) is 5.25. The van der Waals surface area contributed by atoms with Gasteiger partial charge < -0.3 is 10.4 Å². The van der Waals surface area contributed by atoms with Gasteiger partial charge in [-0.2, -0.15) is 0 Å². The van der Waals surface area contributed by atoms with Crippen LogP contribution in [0.3, 0.4) is 0 Å². The van der Waals surface area contributed by atoms with Crippen LogP contribution in [0.25, 0.3) is 10.9 Å². The minimum Gasteiger partial charge on any atom is -0.396 e. The fourth-order valence-electron chi connectivity index (χ4n) is 2.51. The van der Waals surface area contributed by atoms with Crippen LogP contribution in [0.4, 0.5) is 5.82 Å². The van der Waals surface area contributed by atoms with E-state index in [1.807, 2.05) is 0 Å². The maximum Gasteiger partial charge on any atom is 0.179 e. The average molecular weight is 293 g/mol. The number of aryl methyl sites for hydroxylation is 1. The smallest absolute Gasteiger partial charge is 0.179 e. The monoisotopic (exact) mass is 293 g/mol. The van der Waals surface area contributed by atoms with Crippen LogP contribution in [0.2, 0.25) is 0 Å². The summed E-state index contributed by atoms with van der Waals surface area (Å²) in [6.07, 6.45) is 2.56. The van der Waals surface area contributed by atoms with Crippen molar-refractivity contribution < 1.29 is 13.5 Å². The number of aliphatic hydroxyl groups is 1. The Kier molecular flexibility index (Phi) is 3.31. The molecule has 0 atom stereocenters. The number of fused-ring (bicyclic) bond motifs is 3. The van der Waals surface area contributed by atoms with Gasteiger partial charge in [-0.15, -0.1) is 0 Å². The lowest BCUT2D eigenvalue weighted by molar-refractivity contribution is 0.292. The van der Waals surface area contributed by atoms with Gasteiger partial charge in [0.2, 0.25) is 0 Å². The van der Waals surface area contributed by atoms with Gasteiger partial charge >= 0.3 is 0 Å². The normalized spacial score (nSPS) is 16.2. The third kappa shape index (κ3) is 2.12. The topological polar surface area (TPSA) is 92.2 Å². The molecule has 0 unspecified atom stereocenters. The quantitative estimate of drug-likeness (QED) is 0.808. The molecule has 0 spiro atoms. The van der Waals surface area contributed by atoms with Gasteiger partial charge in [0.25, 0.3) is 0 Å². The highest BCUT2D eigenvalue weighted by Gasteiger charge is 2.28. The van der Waals surface area contributed by atoms with Crippen molar-refractivity contribution >= 4 is 26.6 Å². The second-order valence-corrected chi connectivity index (χ2v) is 6.81. The van der Waals surface area contributed by atoms with E-state index in [-0.39, 0.29) is 12.4 Å². The van der Waals surface area contributed by atoms with Gasteiger partial charge in [0.05, 0.1) is 16.2 Å². The molecule has 0 saturated heterocycles. The molecule has 0 saturated carbocycles. The van der Waals surface area contributed by atoms with Crippen LogP contribution in [0.15, 0.2) is 23.4 Å². The molecule has 1 aromatic heterocycles. The van der Waals surface area contributed by atoms with Crippen molar-refractivity contribution in [2.24, 2.45) is 0 Å². The van der Waals surface area contributed by atoms with Gasteiger partial charge in [0.15, 0.2) is 9.84 Å². The molecular formula is C13H15N3O3S. The zero-order chi connectivity index (χ0) is 14.2. The molecule has 0 radical (unpaired) electrons. The second kappa shape index (κ2) is 4.99. The summed E-state index contributed by atoms with van der Waals surface area (Å²) in [5.41, 5.74) is 1.54. The second-order valence-electron chi connectivity index (χ2n) is 4.73. The molecule has 0 fully saturated rings. The van der Waals surface area contributed by atoms with Crippen LogP contribution in [-0.2, 0) is 16.3 Å². The van der Waals surface area contributed by atoms with Crippen molar-refractivity contribution in [1.82, 2.24) is 9.97 Å². The summed E-state index contributed by atoms with van der Waals surface area (Å²) in [5.74, 6) is 0.782. The largest absolute Gasteiger partial charge is 0.396 e. The molecule has 6 nitrogen and oxygen atoms in total. The first-order chi connectivity index (χ1) is 9.63. The lowest BCUT2D eigenvalue weighted by Crippen LogP contribution is -2.07. The van der Waals surface area contributed by atoms with E-state index in [1.54, 1.807) is 12.1 Å². The first-order valence-corrected chi connectivity index (χ1v) is 8.13. The predicted octanol–water partition coefficient (Wildman–Crippen LogP) is 0.754. The fourth-order valence-corrected chi connectivity index (χ4v) is 4.06. The van der Waals surface area contributed by atoms with Crippen molar-refractivity contribution in [2.45, 2.75) is 17.7 Å². The summed E-state index contributed by atoms with van der Waals surface area (Å²) >= 11 is 0. The minimum absolute atomic E-state index is 0.0997. The Labute approximate surface area is 116 Å². The highest BCUT2D eigenvalue weighted by atomic mass is 32.2. The zero-order valence-electron chi connectivity index (χ0n) is 10.8. The highest BCUT2D eigenvalue weighted by Crippen LogP contribution is 2.34. The Morgan fingerprint density at radius 3 is 2.95 bits per heavy atom. The Balaban J connectivity index is 2.15. The maximum atomic E-state index is 12.0. The molecular weight excluding hydrogens is 278 g/mol. The van der Waals surface area contributed by atoms with Crippen LogP contribution in [-0.4, -0.2) is 42.4 Å².